The quantitative estimate of drug-likeness (QED) is 0.654. The molecule has 0 spiro atoms. The molecule has 2 rings (SSSR count). The molecule has 4 heteroatoms. The summed E-state index contributed by atoms with van der Waals surface area (Å²) < 4.78 is 6.67. The van der Waals surface area contributed by atoms with Gasteiger partial charge in [0.25, 0.3) is 0 Å². The van der Waals surface area contributed by atoms with E-state index < -0.39 is 0 Å². The summed E-state index contributed by atoms with van der Waals surface area (Å²) in [6.45, 7) is 0. The summed E-state index contributed by atoms with van der Waals surface area (Å²) in [5, 5.41) is 7.47. The van der Waals surface area contributed by atoms with Crippen LogP contribution < -0.4 is 10.5 Å². The molecular formula is C11H13BrN2O. The molecule has 0 bridgehead atoms. The molecule has 0 atom stereocenters. The van der Waals surface area contributed by atoms with Crippen LogP contribution in [0.15, 0.2) is 22.7 Å². The molecule has 3 nitrogen and oxygen atoms in total. The van der Waals surface area contributed by atoms with Gasteiger partial charge < -0.3 is 10.5 Å². The monoisotopic (exact) mass is 268 g/mol. The molecule has 0 unspecified atom stereocenters. The molecule has 3 N–H and O–H groups in total. The van der Waals surface area contributed by atoms with E-state index in [9.17, 15) is 0 Å². The van der Waals surface area contributed by atoms with Crippen molar-refractivity contribution >= 4 is 21.8 Å². The second-order valence-electron chi connectivity index (χ2n) is 3.72. The zero-order valence-electron chi connectivity index (χ0n) is 8.29. The van der Waals surface area contributed by atoms with Crippen LogP contribution in [0.2, 0.25) is 0 Å². The predicted molar refractivity (Wildman–Crippen MR) is 63.4 cm³/mol. The molecule has 1 aromatic carbocycles. The van der Waals surface area contributed by atoms with E-state index in [2.05, 4.69) is 15.9 Å². The topological polar surface area (TPSA) is 59.1 Å². The lowest BCUT2D eigenvalue weighted by Gasteiger charge is -2.27. The van der Waals surface area contributed by atoms with Gasteiger partial charge in [-0.15, -0.1) is 0 Å². The number of hydrogen-bond donors (Lipinski definition) is 2. The summed E-state index contributed by atoms with van der Waals surface area (Å²) in [5.74, 6) is 0.765. The number of benzene rings is 1. The smallest absolute Gasteiger partial charge is 0.130 e. The molecule has 1 aliphatic carbocycles. The van der Waals surface area contributed by atoms with Crippen molar-refractivity contribution in [3.05, 3.63) is 28.2 Å². The lowest BCUT2D eigenvalue weighted by atomic mass is 9.96. The van der Waals surface area contributed by atoms with E-state index >= 15 is 0 Å². The molecular weight excluding hydrogens is 256 g/mol. The number of ether oxygens (including phenoxy) is 1. The van der Waals surface area contributed by atoms with Crippen LogP contribution in [-0.4, -0.2) is 11.9 Å². The van der Waals surface area contributed by atoms with E-state index in [4.69, 9.17) is 15.9 Å². The van der Waals surface area contributed by atoms with Crippen molar-refractivity contribution in [1.82, 2.24) is 0 Å². The highest BCUT2D eigenvalue weighted by Crippen LogP contribution is 2.29. The number of hydrogen-bond acceptors (Lipinski definition) is 2. The van der Waals surface area contributed by atoms with Crippen LogP contribution in [0.1, 0.15) is 24.8 Å². The van der Waals surface area contributed by atoms with Gasteiger partial charge in [-0.2, -0.15) is 0 Å². The minimum Gasteiger partial charge on any atom is -0.490 e. The Morgan fingerprint density at radius 1 is 1.47 bits per heavy atom. The predicted octanol–water partition coefficient (Wildman–Crippen LogP) is 2.66. The third-order valence-corrected chi connectivity index (χ3v) is 3.07. The first-order valence-electron chi connectivity index (χ1n) is 4.97. The second-order valence-corrected chi connectivity index (χ2v) is 4.64. The SMILES string of the molecule is N=C(N)c1cc(Br)ccc1OC1CCC1. The molecule has 1 aliphatic rings. The van der Waals surface area contributed by atoms with Crippen molar-refractivity contribution in [2.24, 2.45) is 5.73 Å². The molecule has 0 heterocycles. The Balaban J connectivity index is 2.23. The van der Waals surface area contributed by atoms with E-state index in [1.54, 1.807) is 0 Å². The largest absolute Gasteiger partial charge is 0.490 e. The van der Waals surface area contributed by atoms with E-state index in [0.29, 0.717) is 11.7 Å². The van der Waals surface area contributed by atoms with Gasteiger partial charge in [0.2, 0.25) is 0 Å². The second kappa shape index (κ2) is 4.23. The number of nitrogens with one attached hydrogen (secondary N) is 1. The average molecular weight is 269 g/mol. The summed E-state index contributed by atoms with van der Waals surface area (Å²) >= 11 is 3.35. The Labute approximate surface area is 97.3 Å². The standard InChI is InChI=1S/C11H13BrN2O/c12-7-4-5-10(9(6-7)11(13)14)15-8-2-1-3-8/h4-6,8H,1-3H2,(H3,13,14). The molecule has 0 aromatic heterocycles. The summed E-state index contributed by atoms with van der Waals surface area (Å²) in [6, 6.07) is 5.58. The minimum atomic E-state index is 0.0469. The Morgan fingerprint density at radius 2 is 2.20 bits per heavy atom. The molecule has 0 aliphatic heterocycles. The number of amidine groups is 1. The Bertz CT molecular complexity index is 388. The van der Waals surface area contributed by atoms with Crippen molar-refractivity contribution < 1.29 is 4.74 Å². The average Bonchev–Trinajstić information content (AvgIpc) is 2.12. The van der Waals surface area contributed by atoms with Gasteiger partial charge in [0, 0.05) is 4.47 Å². The highest BCUT2D eigenvalue weighted by atomic mass is 79.9. The van der Waals surface area contributed by atoms with E-state index in [-0.39, 0.29) is 5.84 Å². The van der Waals surface area contributed by atoms with Crippen LogP contribution in [0.5, 0.6) is 5.75 Å². The van der Waals surface area contributed by atoms with Crippen molar-refractivity contribution in [2.45, 2.75) is 25.4 Å². The molecule has 1 fully saturated rings. The fourth-order valence-corrected chi connectivity index (χ4v) is 1.84. The maximum absolute atomic E-state index is 7.47. The summed E-state index contributed by atoms with van der Waals surface area (Å²) in [7, 11) is 0. The maximum atomic E-state index is 7.47. The Morgan fingerprint density at radius 3 is 2.73 bits per heavy atom. The first-order chi connectivity index (χ1) is 7.16. The first-order valence-corrected chi connectivity index (χ1v) is 5.77. The van der Waals surface area contributed by atoms with Crippen LogP contribution in [-0.2, 0) is 0 Å². The third-order valence-electron chi connectivity index (χ3n) is 2.58. The fourth-order valence-electron chi connectivity index (χ4n) is 1.48. The van der Waals surface area contributed by atoms with Gasteiger partial charge in [-0.1, -0.05) is 15.9 Å². The highest BCUT2D eigenvalue weighted by molar-refractivity contribution is 9.10. The number of nitrogens with two attached hydrogens (primary N) is 1. The van der Waals surface area contributed by atoms with E-state index in [1.807, 2.05) is 18.2 Å². The zero-order valence-corrected chi connectivity index (χ0v) is 9.88. The zero-order chi connectivity index (χ0) is 10.8. The van der Waals surface area contributed by atoms with Crippen LogP contribution in [0, 0.1) is 5.41 Å². The van der Waals surface area contributed by atoms with Crippen molar-refractivity contribution in [2.75, 3.05) is 0 Å². The summed E-state index contributed by atoms with van der Waals surface area (Å²) in [5.41, 5.74) is 6.16. The van der Waals surface area contributed by atoms with Gasteiger partial charge in [0.1, 0.15) is 11.6 Å². The van der Waals surface area contributed by atoms with Gasteiger partial charge in [-0.3, -0.25) is 5.41 Å². The molecule has 1 aromatic rings. The van der Waals surface area contributed by atoms with Gasteiger partial charge in [0.05, 0.1) is 11.7 Å². The van der Waals surface area contributed by atoms with Crippen molar-refractivity contribution in [3.63, 3.8) is 0 Å². The lowest BCUT2D eigenvalue weighted by Crippen LogP contribution is -2.26. The summed E-state index contributed by atoms with van der Waals surface area (Å²) in [4.78, 5) is 0. The highest BCUT2D eigenvalue weighted by Gasteiger charge is 2.20. The van der Waals surface area contributed by atoms with Gasteiger partial charge in [-0.05, 0) is 37.5 Å². The minimum absolute atomic E-state index is 0.0469. The van der Waals surface area contributed by atoms with Crippen LogP contribution >= 0.6 is 15.9 Å². The first kappa shape index (κ1) is 10.5. The van der Waals surface area contributed by atoms with E-state index in [0.717, 1.165) is 23.1 Å². The Hall–Kier alpha value is -1.03. The van der Waals surface area contributed by atoms with Gasteiger partial charge in [-0.25, -0.2) is 0 Å². The molecule has 80 valence electrons. The summed E-state index contributed by atoms with van der Waals surface area (Å²) in [6.07, 6.45) is 3.75. The normalized spacial score (nSPS) is 15.8. The third kappa shape index (κ3) is 2.31. The maximum Gasteiger partial charge on any atom is 0.130 e. The van der Waals surface area contributed by atoms with Crippen LogP contribution in [0.3, 0.4) is 0 Å². The number of rotatable bonds is 3. The van der Waals surface area contributed by atoms with Gasteiger partial charge in [0.15, 0.2) is 0 Å². The molecule has 0 amide bonds. The van der Waals surface area contributed by atoms with E-state index in [1.165, 1.54) is 6.42 Å². The van der Waals surface area contributed by atoms with Gasteiger partial charge >= 0.3 is 0 Å². The Kier molecular flexibility index (Phi) is 2.95. The molecule has 0 saturated heterocycles. The lowest BCUT2D eigenvalue weighted by molar-refractivity contribution is 0.120. The number of nitrogen functional groups attached to an aromatic ring is 1. The van der Waals surface area contributed by atoms with Crippen LogP contribution in [0.4, 0.5) is 0 Å². The fraction of sp³-hybridized carbons (Fsp3) is 0.364. The van der Waals surface area contributed by atoms with Crippen LogP contribution in [0.25, 0.3) is 0 Å². The molecule has 15 heavy (non-hydrogen) atoms. The number of halogens is 1. The molecule has 0 radical (unpaired) electrons. The van der Waals surface area contributed by atoms with Crippen molar-refractivity contribution in [3.8, 4) is 5.75 Å². The van der Waals surface area contributed by atoms with Crippen molar-refractivity contribution in [1.29, 1.82) is 5.41 Å². The molecule has 1 saturated carbocycles.